The van der Waals surface area contributed by atoms with Gasteiger partial charge in [-0.2, -0.15) is 17.5 Å². The first kappa shape index (κ1) is 15.0. The van der Waals surface area contributed by atoms with Crippen LogP contribution in [0.15, 0.2) is 12.2 Å². The van der Waals surface area contributed by atoms with Crippen molar-refractivity contribution in [3.8, 4) is 0 Å². The van der Waals surface area contributed by atoms with Crippen LogP contribution in [0.1, 0.15) is 18.6 Å². The van der Waals surface area contributed by atoms with Crippen molar-refractivity contribution in [1.29, 1.82) is 0 Å². The number of aromatic nitrogens is 3. The van der Waals surface area contributed by atoms with E-state index in [9.17, 15) is 21.6 Å². The van der Waals surface area contributed by atoms with Crippen molar-refractivity contribution >= 4 is 10.0 Å². The Morgan fingerprint density at radius 1 is 1.35 bits per heavy atom. The van der Waals surface area contributed by atoms with Gasteiger partial charge in [0.25, 0.3) is 0 Å². The zero-order valence-electron chi connectivity index (χ0n) is 10.7. The van der Waals surface area contributed by atoms with E-state index in [4.69, 9.17) is 0 Å². The first-order valence-corrected chi connectivity index (χ1v) is 7.33. The highest BCUT2D eigenvalue weighted by atomic mass is 32.2. The van der Waals surface area contributed by atoms with Gasteiger partial charge < -0.3 is 4.57 Å². The van der Waals surface area contributed by atoms with Crippen molar-refractivity contribution in [2.75, 3.05) is 12.3 Å². The zero-order valence-corrected chi connectivity index (χ0v) is 11.5. The molecule has 1 aromatic rings. The zero-order chi connectivity index (χ0) is 15.1. The fraction of sp³-hybridized carbons (Fsp3) is 0.600. The van der Waals surface area contributed by atoms with Gasteiger partial charge in [-0.25, -0.2) is 8.42 Å². The van der Waals surface area contributed by atoms with E-state index >= 15 is 0 Å². The smallest absolute Gasteiger partial charge is 0.305 e. The highest BCUT2D eigenvalue weighted by Crippen LogP contribution is 2.29. The molecule has 0 saturated carbocycles. The van der Waals surface area contributed by atoms with Crippen LogP contribution in [0, 0.1) is 0 Å². The predicted octanol–water partition coefficient (Wildman–Crippen LogP) is 1.02. The summed E-state index contributed by atoms with van der Waals surface area (Å²) in [6, 6.07) is 0. The van der Waals surface area contributed by atoms with Gasteiger partial charge in [-0.15, -0.1) is 10.2 Å². The number of hydrogen-bond donors (Lipinski definition) is 0. The molecule has 6 nitrogen and oxygen atoms in total. The third-order valence-electron chi connectivity index (χ3n) is 2.79. The topological polar surface area (TPSA) is 68.1 Å². The van der Waals surface area contributed by atoms with E-state index in [0.717, 1.165) is 8.87 Å². The first-order valence-electron chi connectivity index (χ1n) is 5.73. The first-order chi connectivity index (χ1) is 9.11. The minimum absolute atomic E-state index is 0.00568. The van der Waals surface area contributed by atoms with E-state index < -0.39 is 22.0 Å². The summed E-state index contributed by atoms with van der Waals surface area (Å²) in [6.45, 7) is 4.74. The Kier molecular flexibility index (Phi) is 3.63. The fourth-order valence-corrected chi connectivity index (χ4v) is 3.46. The quantitative estimate of drug-likeness (QED) is 0.782. The molecule has 0 fully saturated rings. The second kappa shape index (κ2) is 4.85. The molecule has 2 rings (SSSR count). The summed E-state index contributed by atoms with van der Waals surface area (Å²) >= 11 is 0. The minimum atomic E-state index is -4.59. The molecule has 112 valence electrons. The van der Waals surface area contributed by atoms with Crippen LogP contribution in [-0.2, 0) is 29.3 Å². The third kappa shape index (κ3) is 2.85. The maximum atomic E-state index is 12.6. The lowest BCUT2D eigenvalue weighted by atomic mass is 10.4. The molecule has 0 bridgehead atoms. The SMILES string of the molecule is C=C(C)CS(=O)(=O)N1CCn2c(nnc2C(F)(F)F)C1. The molecule has 1 aliphatic rings. The lowest BCUT2D eigenvalue weighted by Gasteiger charge is -2.27. The van der Waals surface area contributed by atoms with Crippen LogP contribution in [0.4, 0.5) is 13.2 Å². The molecule has 0 atom stereocenters. The molecule has 0 aliphatic carbocycles. The Balaban J connectivity index is 2.25. The number of rotatable bonds is 3. The van der Waals surface area contributed by atoms with Crippen LogP contribution in [0.2, 0.25) is 0 Å². The second-order valence-corrected chi connectivity index (χ2v) is 6.61. The maximum Gasteiger partial charge on any atom is 0.451 e. The fourth-order valence-electron chi connectivity index (χ4n) is 1.99. The molecule has 0 N–H and O–H groups in total. The van der Waals surface area contributed by atoms with Gasteiger partial charge >= 0.3 is 6.18 Å². The minimum Gasteiger partial charge on any atom is -0.305 e. The number of sulfonamides is 1. The average molecular weight is 310 g/mol. The van der Waals surface area contributed by atoms with Gasteiger partial charge in [-0.1, -0.05) is 12.2 Å². The molecular weight excluding hydrogens is 297 g/mol. The van der Waals surface area contributed by atoms with Crippen molar-refractivity contribution in [2.24, 2.45) is 0 Å². The van der Waals surface area contributed by atoms with Crippen LogP contribution in [-0.4, -0.2) is 39.8 Å². The van der Waals surface area contributed by atoms with Gasteiger partial charge in [-0.05, 0) is 6.92 Å². The van der Waals surface area contributed by atoms with E-state index in [1.165, 1.54) is 0 Å². The average Bonchev–Trinajstić information content (AvgIpc) is 2.68. The molecule has 1 aromatic heterocycles. The van der Waals surface area contributed by atoms with Gasteiger partial charge in [-0.3, -0.25) is 0 Å². The Morgan fingerprint density at radius 2 is 2.00 bits per heavy atom. The monoisotopic (exact) mass is 310 g/mol. The number of alkyl halides is 3. The van der Waals surface area contributed by atoms with Crippen LogP contribution in [0.5, 0.6) is 0 Å². The Hall–Kier alpha value is -1.42. The highest BCUT2D eigenvalue weighted by molar-refractivity contribution is 7.89. The molecule has 0 unspecified atom stereocenters. The van der Waals surface area contributed by atoms with Crippen LogP contribution in [0.3, 0.4) is 0 Å². The molecule has 0 aromatic carbocycles. The Morgan fingerprint density at radius 3 is 2.55 bits per heavy atom. The molecule has 0 spiro atoms. The van der Waals surface area contributed by atoms with Crippen molar-refractivity contribution in [1.82, 2.24) is 19.1 Å². The van der Waals surface area contributed by atoms with E-state index in [1.54, 1.807) is 6.92 Å². The van der Waals surface area contributed by atoms with Gasteiger partial charge in [0, 0.05) is 13.1 Å². The number of fused-ring (bicyclic) bond motifs is 1. The van der Waals surface area contributed by atoms with Gasteiger partial charge in [0.05, 0.1) is 12.3 Å². The standard InChI is InChI=1S/C10H13F3N4O2S/c1-7(2)6-20(18,19)16-3-4-17-8(5-16)14-15-9(17)10(11,12)13/h1,3-6H2,2H3. The number of halogens is 3. The van der Waals surface area contributed by atoms with Gasteiger partial charge in [0.1, 0.15) is 5.82 Å². The summed E-state index contributed by atoms with van der Waals surface area (Å²) in [5, 5.41) is 6.53. The maximum absolute atomic E-state index is 12.6. The lowest BCUT2D eigenvalue weighted by Crippen LogP contribution is -2.40. The van der Waals surface area contributed by atoms with E-state index in [0.29, 0.717) is 5.57 Å². The summed E-state index contributed by atoms with van der Waals surface area (Å²) < 4.78 is 63.9. The van der Waals surface area contributed by atoms with Gasteiger partial charge in [0.15, 0.2) is 0 Å². The molecule has 0 radical (unpaired) electrons. The normalized spacial score (nSPS) is 17.0. The third-order valence-corrected chi connectivity index (χ3v) is 4.75. The molecule has 1 aliphatic heterocycles. The summed E-state index contributed by atoms with van der Waals surface area (Å²) in [6.07, 6.45) is -4.59. The van der Waals surface area contributed by atoms with Crippen molar-refractivity contribution < 1.29 is 21.6 Å². The summed E-state index contributed by atoms with van der Waals surface area (Å²) in [4.78, 5) is 0. The molecule has 2 heterocycles. The van der Waals surface area contributed by atoms with Gasteiger partial charge in [0.2, 0.25) is 15.8 Å². The molecule has 0 saturated heterocycles. The van der Waals surface area contributed by atoms with Crippen LogP contribution in [0.25, 0.3) is 0 Å². The summed E-state index contributed by atoms with van der Waals surface area (Å²) in [5.74, 6) is -1.33. The lowest BCUT2D eigenvalue weighted by molar-refractivity contribution is -0.147. The molecule has 20 heavy (non-hydrogen) atoms. The van der Waals surface area contributed by atoms with E-state index in [1.807, 2.05) is 0 Å². The number of hydrogen-bond acceptors (Lipinski definition) is 4. The summed E-state index contributed by atoms with van der Waals surface area (Å²) in [5.41, 5.74) is 0.466. The highest BCUT2D eigenvalue weighted by Gasteiger charge is 2.40. The summed E-state index contributed by atoms with van der Waals surface area (Å²) in [7, 11) is -3.58. The van der Waals surface area contributed by atoms with Crippen LogP contribution >= 0.6 is 0 Å². The second-order valence-electron chi connectivity index (χ2n) is 4.64. The van der Waals surface area contributed by atoms with Crippen LogP contribution < -0.4 is 0 Å². The Bertz CT molecular complexity index is 635. The predicted molar refractivity (Wildman–Crippen MR) is 64.0 cm³/mol. The van der Waals surface area contributed by atoms with E-state index in [2.05, 4.69) is 16.8 Å². The molecule has 10 heteroatoms. The Labute approximate surface area is 113 Å². The van der Waals surface area contributed by atoms with Crippen molar-refractivity contribution in [3.05, 3.63) is 23.8 Å². The molecule has 0 amide bonds. The number of nitrogens with zero attached hydrogens (tertiary/aromatic N) is 4. The van der Waals surface area contributed by atoms with Crippen molar-refractivity contribution in [2.45, 2.75) is 26.2 Å². The molecular formula is C10H13F3N4O2S. The van der Waals surface area contributed by atoms with E-state index in [-0.39, 0.29) is 31.2 Å². The largest absolute Gasteiger partial charge is 0.451 e. The van der Waals surface area contributed by atoms with Crippen molar-refractivity contribution in [3.63, 3.8) is 0 Å².